The Kier molecular flexibility index (Phi) is 3.92. The molecule has 6 heteroatoms. The number of fused-ring (bicyclic) bond motifs is 1. The maximum absolute atomic E-state index is 12.9. The Hall–Kier alpha value is -2.47. The molecule has 0 saturated heterocycles. The van der Waals surface area contributed by atoms with E-state index in [1.54, 1.807) is 16.1 Å². The summed E-state index contributed by atoms with van der Waals surface area (Å²) >= 11 is 1.77. The van der Waals surface area contributed by atoms with Gasteiger partial charge in [0.2, 0.25) is 0 Å². The van der Waals surface area contributed by atoms with Crippen LogP contribution in [-0.4, -0.2) is 32.3 Å². The van der Waals surface area contributed by atoms with Crippen LogP contribution >= 0.6 is 11.3 Å². The molecule has 4 rings (SSSR count). The van der Waals surface area contributed by atoms with E-state index in [1.165, 1.54) is 16.0 Å². The van der Waals surface area contributed by atoms with Crippen LogP contribution in [0.3, 0.4) is 0 Å². The molecular weight excluding hydrogens is 332 g/mol. The van der Waals surface area contributed by atoms with Gasteiger partial charge in [0, 0.05) is 18.0 Å². The topological polar surface area (TPSA) is 51.0 Å². The van der Waals surface area contributed by atoms with Gasteiger partial charge in [-0.2, -0.15) is 9.90 Å². The number of aryl methyl sites for hydroxylation is 3. The molecule has 2 aromatic heterocycles. The minimum absolute atomic E-state index is 0.0367. The third-order valence-electron chi connectivity index (χ3n) is 4.65. The van der Waals surface area contributed by atoms with Gasteiger partial charge in [0.1, 0.15) is 0 Å². The standard InChI is InChI=1S/C19H20N4OS/c1-12-4-5-16(13(2)10-12)23-20-14(3)18(21-23)19(24)22-8-6-17-15(11-22)7-9-25-17/h4-5,7,9-10H,6,8,11H2,1-3H3. The molecule has 1 amide bonds. The van der Waals surface area contributed by atoms with Crippen molar-refractivity contribution in [3.05, 3.63) is 62.6 Å². The summed E-state index contributed by atoms with van der Waals surface area (Å²) in [6.45, 7) is 7.34. The maximum atomic E-state index is 12.9. The van der Waals surface area contributed by atoms with Crippen LogP contribution < -0.4 is 0 Å². The minimum atomic E-state index is -0.0367. The van der Waals surface area contributed by atoms with Crippen molar-refractivity contribution in [3.63, 3.8) is 0 Å². The van der Waals surface area contributed by atoms with E-state index in [0.717, 1.165) is 24.2 Å². The number of rotatable bonds is 2. The molecule has 0 bridgehead atoms. The molecule has 0 N–H and O–H groups in total. The Morgan fingerprint density at radius 1 is 1.16 bits per heavy atom. The fourth-order valence-electron chi connectivity index (χ4n) is 3.29. The molecular formula is C19H20N4OS. The van der Waals surface area contributed by atoms with Crippen molar-refractivity contribution >= 4 is 17.2 Å². The zero-order valence-corrected chi connectivity index (χ0v) is 15.4. The Morgan fingerprint density at radius 3 is 2.80 bits per heavy atom. The van der Waals surface area contributed by atoms with Crippen molar-refractivity contribution in [2.24, 2.45) is 0 Å². The van der Waals surface area contributed by atoms with Gasteiger partial charge in [-0.3, -0.25) is 4.79 Å². The number of amides is 1. The molecule has 25 heavy (non-hydrogen) atoms. The van der Waals surface area contributed by atoms with Crippen molar-refractivity contribution in [2.45, 2.75) is 33.7 Å². The highest BCUT2D eigenvalue weighted by atomic mass is 32.1. The Balaban J connectivity index is 1.63. The summed E-state index contributed by atoms with van der Waals surface area (Å²) in [4.78, 5) is 17.8. The van der Waals surface area contributed by atoms with Crippen molar-refractivity contribution < 1.29 is 4.79 Å². The van der Waals surface area contributed by atoms with Crippen LogP contribution in [0.2, 0.25) is 0 Å². The monoisotopic (exact) mass is 352 g/mol. The molecule has 0 spiro atoms. The second kappa shape index (κ2) is 6.11. The molecule has 0 saturated carbocycles. The molecule has 1 aliphatic rings. The third-order valence-corrected chi connectivity index (χ3v) is 5.67. The summed E-state index contributed by atoms with van der Waals surface area (Å²) in [6.07, 6.45) is 0.920. The maximum Gasteiger partial charge on any atom is 0.276 e. The van der Waals surface area contributed by atoms with E-state index in [9.17, 15) is 4.79 Å². The lowest BCUT2D eigenvalue weighted by atomic mass is 10.1. The van der Waals surface area contributed by atoms with Gasteiger partial charge in [-0.05, 0) is 55.8 Å². The van der Waals surface area contributed by atoms with Crippen LogP contribution in [0, 0.1) is 20.8 Å². The highest BCUT2D eigenvalue weighted by Crippen LogP contribution is 2.25. The fraction of sp³-hybridized carbons (Fsp3) is 0.316. The lowest BCUT2D eigenvalue weighted by Gasteiger charge is -2.26. The van der Waals surface area contributed by atoms with E-state index in [-0.39, 0.29) is 5.91 Å². The SMILES string of the molecule is Cc1ccc(-n2nc(C)c(C(=O)N3CCc4sccc4C3)n2)c(C)c1. The predicted octanol–water partition coefficient (Wildman–Crippen LogP) is 3.45. The van der Waals surface area contributed by atoms with Crippen molar-refractivity contribution in [1.82, 2.24) is 19.9 Å². The quantitative estimate of drug-likeness (QED) is 0.710. The summed E-state index contributed by atoms with van der Waals surface area (Å²) in [5.74, 6) is -0.0367. The summed E-state index contributed by atoms with van der Waals surface area (Å²) in [7, 11) is 0. The molecule has 1 aromatic carbocycles. The number of carbonyl (C=O) groups excluding carboxylic acids is 1. The van der Waals surface area contributed by atoms with Gasteiger partial charge in [-0.25, -0.2) is 0 Å². The number of aromatic nitrogens is 3. The molecule has 0 aliphatic carbocycles. The molecule has 128 valence electrons. The van der Waals surface area contributed by atoms with E-state index in [2.05, 4.69) is 34.6 Å². The largest absolute Gasteiger partial charge is 0.332 e. The van der Waals surface area contributed by atoms with E-state index in [1.807, 2.05) is 30.9 Å². The molecule has 0 unspecified atom stereocenters. The normalized spacial score (nSPS) is 13.8. The second-order valence-electron chi connectivity index (χ2n) is 6.56. The molecule has 5 nitrogen and oxygen atoms in total. The zero-order valence-electron chi connectivity index (χ0n) is 14.6. The first kappa shape index (κ1) is 16.0. The lowest BCUT2D eigenvalue weighted by Crippen LogP contribution is -2.36. The summed E-state index contributed by atoms with van der Waals surface area (Å²) < 4.78 is 0. The van der Waals surface area contributed by atoms with Gasteiger partial charge in [-0.15, -0.1) is 16.4 Å². The van der Waals surface area contributed by atoms with Crippen LogP contribution in [0.1, 0.15) is 37.7 Å². The fourth-order valence-corrected chi connectivity index (χ4v) is 4.18. The number of nitrogens with zero attached hydrogens (tertiary/aromatic N) is 4. The van der Waals surface area contributed by atoms with Crippen LogP contribution in [-0.2, 0) is 13.0 Å². The molecule has 1 aliphatic heterocycles. The van der Waals surface area contributed by atoms with Crippen LogP contribution in [0.25, 0.3) is 5.69 Å². The predicted molar refractivity (Wildman–Crippen MR) is 98.3 cm³/mol. The Bertz CT molecular complexity index is 956. The van der Waals surface area contributed by atoms with Crippen molar-refractivity contribution in [3.8, 4) is 5.69 Å². The number of carbonyl (C=O) groups is 1. The van der Waals surface area contributed by atoms with Crippen molar-refractivity contribution in [2.75, 3.05) is 6.54 Å². The summed E-state index contributed by atoms with van der Waals surface area (Å²) in [5.41, 5.74) is 5.56. The van der Waals surface area contributed by atoms with E-state index in [4.69, 9.17) is 0 Å². The number of benzene rings is 1. The number of hydrogen-bond donors (Lipinski definition) is 0. The van der Waals surface area contributed by atoms with Gasteiger partial charge in [-0.1, -0.05) is 17.7 Å². The van der Waals surface area contributed by atoms with Gasteiger partial charge >= 0.3 is 0 Å². The number of thiophene rings is 1. The third kappa shape index (κ3) is 2.87. The van der Waals surface area contributed by atoms with Crippen LogP contribution in [0.5, 0.6) is 0 Å². The average molecular weight is 352 g/mol. The summed E-state index contributed by atoms with van der Waals surface area (Å²) in [6, 6.07) is 8.24. The number of hydrogen-bond acceptors (Lipinski definition) is 4. The minimum Gasteiger partial charge on any atom is -0.332 e. The van der Waals surface area contributed by atoms with Gasteiger partial charge < -0.3 is 4.90 Å². The van der Waals surface area contributed by atoms with Gasteiger partial charge in [0.25, 0.3) is 5.91 Å². The molecule has 3 aromatic rings. The van der Waals surface area contributed by atoms with E-state index in [0.29, 0.717) is 17.9 Å². The first-order chi connectivity index (χ1) is 12.0. The van der Waals surface area contributed by atoms with Crippen LogP contribution in [0.15, 0.2) is 29.6 Å². The summed E-state index contributed by atoms with van der Waals surface area (Å²) in [5, 5.41) is 11.1. The molecule has 0 fully saturated rings. The average Bonchev–Trinajstić information content (AvgIpc) is 3.19. The molecule has 0 radical (unpaired) electrons. The lowest BCUT2D eigenvalue weighted by molar-refractivity contribution is 0.0728. The van der Waals surface area contributed by atoms with Crippen LogP contribution in [0.4, 0.5) is 0 Å². The Morgan fingerprint density at radius 2 is 2.00 bits per heavy atom. The Labute approximate surface area is 150 Å². The van der Waals surface area contributed by atoms with Gasteiger partial charge in [0.15, 0.2) is 5.69 Å². The molecule has 3 heterocycles. The zero-order chi connectivity index (χ0) is 17.6. The van der Waals surface area contributed by atoms with Crippen molar-refractivity contribution in [1.29, 1.82) is 0 Å². The second-order valence-corrected chi connectivity index (χ2v) is 7.56. The van der Waals surface area contributed by atoms with Gasteiger partial charge in [0.05, 0.1) is 11.4 Å². The van der Waals surface area contributed by atoms with E-state index < -0.39 is 0 Å². The smallest absolute Gasteiger partial charge is 0.276 e. The highest BCUT2D eigenvalue weighted by molar-refractivity contribution is 7.10. The first-order valence-corrected chi connectivity index (χ1v) is 9.27. The first-order valence-electron chi connectivity index (χ1n) is 8.39. The molecule has 0 atom stereocenters. The van der Waals surface area contributed by atoms with E-state index >= 15 is 0 Å². The highest BCUT2D eigenvalue weighted by Gasteiger charge is 2.26.